The van der Waals surface area contributed by atoms with E-state index in [1.54, 1.807) is 0 Å². The zero-order valence-electron chi connectivity index (χ0n) is 14.2. The van der Waals surface area contributed by atoms with Crippen LogP contribution in [0.2, 0.25) is 0 Å². The highest BCUT2D eigenvalue weighted by Crippen LogP contribution is 2.44. The third-order valence-corrected chi connectivity index (χ3v) is 5.50. The van der Waals surface area contributed by atoms with E-state index >= 15 is 0 Å². The van der Waals surface area contributed by atoms with E-state index in [2.05, 4.69) is 19.2 Å². The van der Waals surface area contributed by atoms with Gasteiger partial charge in [0, 0.05) is 6.54 Å². The largest absolute Gasteiger partial charge is 0.340 e. The van der Waals surface area contributed by atoms with Crippen LogP contribution in [0, 0.1) is 11.8 Å². The fourth-order valence-electron chi connectivity index (χ4n) is 3.60. The van der Waals surface area contributed by atoms with Crippen LogP contribution in [0.5, 0.6) is 0 Å². The van der Waals surface area contributed by atoms with Crippen molar-refractivity contribution in [3.05, 3.63) is 0 Å². The Labute approximate surface area is 128 Å². The molecule has 0 aromatic rings. The molecular weight excluding hydrogens is 264 g/mol. The van der Waals surface area contributed by atoms with Crippen LogP contribution in [-0.4, -0.2) is 34.3 Å². The zero-order chi connectivity index (χ0) is 15.8. The van der Waals surface area contributed by atoms with Crippen molar-refractivity contribution in [2.75, 3.05) is 6.54 Å². The molecular formula is C17H30N2O2. The van der Waals surface area contributed by atoms with Gasteiger partial charge in [0.05, 0.1) is 0 Å². The van der Waals surface area contributed by atoms with Gasteiger partial charge in [-0.15, -0.1) is 0 Å². The summed E-state index contributed by atoms with van der Waals surface area (Å²) >= 11 is 0. The first-order valence-electron chi connectivity index (χ1n) is 8.46. The molecule has 2 rings (SSSR count). The van der Waals surface area contributed by atoms with E-state index in [0.717, 1.165) is 19.3 Å². The van der Waals surface area contributed by atoms with Gasteiger partial charge in [0.15, 0.2) is 0 Å². The monoisotopic (exact) mass is 294 g/mol. The minimum absolute atomic E-state index is 0.0465. The second-order valence-corrected chi connectivity index (χ2v) is 7.31. The molecule has 1 N–H and O–H groups in total. The van der Waals surface area contributed by atoms with E-state index in [1.807, 2.05) is 25.7 Å². The van der Waals surface area contributed by atoms with Gasteiger partial charge in [-0.25, -0.2) is 0 Å². The molecule has 0 bridgehead atoms. The van der Waals surface area contributed by atoms with Crippen molar-refractivity contribution in [1.29, 1.82) is 0 Å². The molecule has 1 saturated heterocycles. The lowest BCUT2D eigenvalue weighted by molar-refractivity contribution is -0.164. The first-order valence-corrected chi connectivity index (χ1v) is 8.46. The maximum atomic E-state index is 13.1. The fourth-order valence-corrected chi connectivity index (χ4v) is 3.60. The van der Waals surface area contributed by atoms with Crippen LogP contribution in [-0.2, 0) is 9.59 Å². The minimum atomic E-state index is -0.679. The second-order valence-electron chi connectivity index (χ2n) is 7.31. The summed E-state index contributed by atoms with van der Waals surface area (Å²) in [6.45, 7) is 11.0. The molecule has 120 valence electrons. The molecule has 4 heteroatoms. The van der Waals surface area contributed by atoms with Crippen molar-refractivity contribution in [2.24, 2.45) is 11.8 Å². The molecule has 2 fully saturated rings. The molecule has 1 atom stereocenters. The lowest BCUT2D eigenvalue weighted by Gasteiger charge is -2.51. The lowest BCUT2D eigenvalue weighted by atomic mass is 9.80. The van der Waals surface area contributed by atoms with Crippen molar-refractivity contribution >= 4 is 11.8 Å². The van der Waals surface area contributed by atoms with E-state index in [-0.39, 0.29) is 11.8 Å². The van der Waals surface area contributed by atoms with Gasteiger partial charge in [-0.05, 0) is 50.9 Å². The molecule has 1 unspecified atom stereocenters. The Morgan fingerprint density at radius 2 is 1.81 bits per heavy atom. The smallest absolute Gasteiger partial charge is 0.249 e. The first-order chi connectivity index (χ1) is 9.81. The quantitative estimate of drug-likeness (QED) is 0.819. The summed E-state index contributed by atoms with van der Waals surface area (Å²) in [5, 5.41) is 3.08. The summed E-state index contributed by atoms with van der Waals surface area (Å²) in [6.07, 6.45) is 4.40. The Hall–Kier alpha value is -1.06. The average Bonchev–Trinajstić information content (AvgIpc) is 3.26. The van der Waals surface area contributed by atoms with Gasteiger partial charge in [0.25, 0.3) is 0 Å². The third-order valence-electron chi connectivity index (χ3n) is 5.50. The van der Waals surface area contributed by atoms with Crippen molar-refractivity contribution in [3.63, 3.8) is 0 Å². The van der Waals surface area contributed by atoms with Crippen LogP contribution >= 0.6 is 0 Å². The molecule has 0 radical (unpaired) electrons. The average molecular weight is 294 g/mol. The maximum Gasteiger partial charge on any atom is 0.249 e. The molecule has 2 aliphatic rings. The van der Waals surface area contributed by atoms with Crippen LogP contribution in [0.15, 0.2) is 0 Å². The number of nitrogens with zero attached hydrogens (tertiary/aromatic N) is 1. The molecule has 1 saturated carbocycles. The number of piperazine rings is 1. The number of carbonyl (C=O) groups is 2. The van der Waals surface area contributed by atoms with Crippen LogP contribution in [0.3, 0.4) is 0 Å². The van der Waals surface area contributed by atoms with Gasteiger partial charge in [0.1, 0.15) is 11.1 Å². The van der Waals surface area contributed by atoms with Crippen molar-refractivity contribution in [3.8, 4) is 0 Å². The zero-order valence-corrected chi connectivity index (χ0v) is 14.2. The van der Waals surface area contributed by atoms with E-state index in [9.17, 15) is 9.59 Å². The summed E-state index contributed by atoms with van der Waals surface area (Å²) in [5.41, 5.74) is -1.33. The SMILES string of the molecule is CCC1(CC)C(=O)NC(C)(C2CC2)C(=O)N1CCC(C)C. The molecule has 2 amide bonds. The molecule has 0 aromatic carbocycles. The van der Waals surface area contributed by atoms with E-state index < -0.39 is 11.1 Å². The van der Waals surface area contributed by atoms with Gasteiger partial charge < -0.3 is 10.2 Å². The number of hydrogen-bond donors (Lipinski definition) is 1. The number of hydrogen-bond acceptors (Lipinski definition) is 2. The summed E-state index contributed by atoms with van der Waals surface area (Å²) in [6, 6.07) is 0. The molecule has 1 aliphatic carbocycles. The predicted molar refractivity (Wildman–Crippen MR) is 83.8 cm³/mol. The molecule has 21 heavy (non-hydrogen) atoms. The molecule has 0 aromatic heterocycles. The molecule has 1 heterocycles. The van der Waals surface area contributed by atoms with Gasteiger partial charge in [-0.3, -0.25) is 9.59 Å². The van der Waals surface area contributed by atoms with E-state index in [0.29, 0.717) is 31.2 Å². The number of nitrogens with one attached hydrogen (secondary N) is 1. The maximum absolute atomic E-state index is 13.1. The molecule has 4 nitrogen and oxygen atoms in total. The first kappa shape index (κ1) is 16.3. The standard InChI is InChI=1S/C17H30N2O2/c1-6-17(7-2)14(20)18-16(5,13-8-9-13)15(21)19(17)11-10-12(3)4/h12-13H,6-11H2,1-5H3,(H,18,20). The number of amides is 2. The lowest BCUT2D eigenvalue weighted by Crippen LogP contribution is -2.75. The Bertz CT molecular complexity index is 425. The van der Waals surface area contributed by atoms with E-state index in [4.69, 9.17) is 0 Å². The van der Waals surface area contributed by atoms with Gasteiger partial charge in [-0.1, -0.05) is 27.7 Å². The second kappa shape index (κ2) is 5.62. The number of rotatable bonds is 6. The van der Waals surface area contributed by atoms with E-state index in [1.165, 1.54) is 0 Å². The summed E-state index contributed by atoms with van der Waals surface area (Å²) < 4.78 is 0. The fraction of sp³-hybridized carbons (Fsp3) is 0.882. The van der Waals surface area contributed by atoms with Gasteiger partial charge in [0.2, 0.25) is 11.8 Å². The van der Waals surface area contributed by atoms with Crippen LogP contribution in [0.25, 0.3) is 0 Å². The van der Waals surface area contributed by atoms with Crippen LogP contribution < -0.4 is 5.32 Å². The highest BCUT2D eigenvalue weighted by Gasteiger charge is 2.59. The summed E-state index contributed by atoms with van der Waals surface area (Å²) in [5.74, 6) is 1.03. The number of carbonyl (C=O) groups excluding carboxylic acids is 2. The van der Waals surface area contributed by atoms with Crippen molar-refractivity contribution < 1.29 is 9.59 Å². The third kappa shape index (κ3) is 2.58. The molecule has 0 spiro atoms. The topological polar surface area (TPSA) is 49.4 Å². The van der Waals surface area contributed by atoms with Crippen LogP contribution in [0.4, 0.5) is 0 Å². The Morgan fingerprint density at radius 3 is 2.24 bits per heavy atom. The summed E-state index contributed by atoms with van der Waals surface area (Å²) in [7, 11) is 0. The highest BCUT2D eigenvalue weighted by molar-refractivity contribution is 6.02. The predicted octanol–water partition coefficient (Wildman–Crippen LogP) is 2.72. The Balaban J connectivity index is 2.34. The molecule has 1 aliphatic heterocycles. The highest BCUT2D eigenvalue weighted by atomic mass is 16.2. The van der Waals surface area contributed by atoms with Gasteiger partial charge in [-0.2, -0.15) is 0 Å². The Kier molecular flexibility index (Phi) is 4.36. The summed E-state index contributed by atoms with van der Waals surface area (Å²) in [4.78, 5) is 27.9. The van der Waals surface area contributed by atoms with Crippen LogP contribution in [0.1, 0.15) is 66.7 Å². The van der Waals surface area contributed by atoms with Crippen molar-refractivity contribution in [1.82, 2.24) is 10.2 Å². The normalized spacial score (nSPS) is 29.0. The minimum Gasteiger partial charge on any atom is -0.340 e. The van der Waals surface area contributed by atoms with Crippen molar-refractivity contribution in [2.45, 2.75) is 77.8 Å². The Morgan fingerprint density at radius 1 is 1.24 bits per heavy atom. The van der Waals surface area contributed by atoms with Gasteiger partial charge >= 0.3 is 0 Å².